The van der Waals surface area contributed by atoms with Crippen LogP contribution in [0.5, 0.6) is 0 Å². The van der Waals surface area contributed by atoms with Crippen molar-refractivity contribution in [3.05, 3.63) is 35.1 Å². The van der Waals surface area contributed by atoms with Crippen molar-refractivity contribution < 1.29 is 17.9 Å². The van der Waals surface area contributed by atoms with E-state index in [1.54, 1.807) is 13.0 Å². The summed E-state index contributed by atoms with van der Waals surface area (Å²) >= 11 is 0. The summed E-state index contributed by atoms with van der Waals surface area (Å²) in [6.07, 6.45) is 0.0652. The Kier molecular flexibility index (Phi) is 2.55. The van der Waals surface area contributed by atoms with Crippen LogP contribution in [0.25, 0.3) is 0 Å². The summed E-state index contributed by atoms with van der Waals surface area (Å²) in [5.41, 5.74) is -0.669. The Morgan fingerprint density at radius 2 is 2.12 bits per heavy atom. The number of sulfone groups is 1. The van der Waals surface area contributed by atoms with Gasteiger partial charge in [-0.1, -0.05) is 17.7 Å². The van der Waals surface area contributed by atoms with Gasteiger partial charge in [0.2, 0.25) is 0 Å². The zero-order valence-electron chi connectivity index (χ0n) is 8.90. The van der Waals surface area contributed by atoms with Crippen LogP contribution in [0.2, 0.25) is 0 Å². The van der Waals surface area contributed by atoms with Gasteiger partial charge in [-0.05, 0) is 19.4 Å². The van der Waals surface area contributed by atoms with Crippen LogP contribution in [-0.2, 0) is 15.4 Å². The van der Waals surface area contributed by atoms with Crippen LogP contribution in [0, 0.1) is 12.7 Å². The molecule has 0 amide bonds. The predicted molar refractivity (Wildman–Crippen MR) is 58.3 cm³/mol. The van der Waals surface area contributed by atoms with Gasteiger partial charge >= 0.3 is 0 Å². The molecule has 0 spiro atoms. The number of aliphatic hydroxyl groups is 1. The Balaban J connectivity index is 2.49. The molecule has 5 heteroatoms. The maximum Gasteiger partial charge on any atom is 0.153 e. The molecule has 1 saturated heterocycles. The Labute approximate surface area is 93.8 Å². The van der Waals surface area contributed by atoms with Crippen LogP contribution in [0.15, 0.2) is 18.2 Å². The Morgan fingerprint density at radius 3 is 2.69 bits per heavy atom. The molecule has 1 fully saturated rings. The van der Waals surface area contributed by atoms with Gasteiger partial charge in [-0.25, -0.2) is 12.8 Å². The van der Waals surface area contributed by atoms with E-state index in [0.717, 1.165) is 5.56 Å². The minimum absolute atomic E-state index is 0.0652. The van der Waals surface area contributed by atoms with E-state index < -0.39 is 21.3 Å². The Morgan fingerprint density at radius 1 is 1.44 bits per heavy atom. The number of aryl methyl sites for hydroxylation is 1. The molecule has 1 aromatic rings. The first-order chi connectivity index (χ1) is 7.32. The molecule has 1 aromatic carbocycles. The van der Waals surface area contributed by atoms with Crippen LogP contribution in [-0.4, -0.2) is 25.0 Å². The minimum Gasteiger partial charge on any atom is -0.384 e. The van der Waals surface area contributed by atoms with E-state index in [0.29, 0.717) is 0 Å². The van der Waals surface area contributed by atoms with Gasteiger partial charge in [0.05, 0.1) is 11.5 Å². The molecule has 0 saturated carbocycles. The normalized spacial score (nSPS) is 28.2. The van der Waals surface area contributed by atoms with Gasteiger partial charge in [-0.3, -0.25) is 0 Å². The number of rotatable bonds is 1. The molecule has 1 aliphatic rings. The van der Waals surface area contributed by atoms with Crippen LogP contribution >= 0.6 is 0 Å². The summed E-state index contributed by atoms with van der Waals surface area (Å²) in [4.78, 5) is 0. The minimum atomic E-state index is -3.25. The van der Waals surface area contributed by atoms with Crippen molar-refractivity contribution >= 4 is 9.84 Å². The predicted octanol–water partition coefficient (Wildman–Crippen LogP) is 1.14. The molecule has 88 valence electrons. The zero-order chi connectivity index (χ0) is 12.0. The van der Waals surface area contributed by atoms with Crippen molar-refractivity contribution in [3.8, 4) is 0 Å². The number of benzene rings is 1. The number of hydrogen-bond donors (Lipinski definition) is 1. The van der Waals surface area contributed by atoms with Crippen LogP contribution in [0.4, 0.5) is 4.39 Å². The summed E-state index contributed by atoms with van der Waals surface area (Å²) in [7, 11) is -3.25. The standard InChI is InChI=1S/C11H13FO3S/c1-8-2-3-10(12)9(6-8)11(13)4-5-16(14,15)7-11/h2-3,6,13H,4-5,7H2,1H3. The fourth-order valence-electron chi connectivity index (χ4n) is 2.04. The first kappa shape index (κ1) is 11.5. The number of hydrogen-bond acceptors (Lipinski definition) is 3. The second kappa shape index (κ2) is 3.53. The van der Waals surface area contributed by atoms with Crippen LogP contribution in [0.3, 0.4) is 0 Å². The molecule has 1 N–H and O–H groups in total. The lowest BCUT2D eigenvalue weighted by atomic mass is 9.92. The lowest BCUT2D eigenvalue weighted by Crippen LogP contribution is -2.28. The summed E-state index contributed by atoms with van der Waals surface area (Å²) < 4.78 is 36.2. The third-order valence-corrected chi connectivity index (χ3v) is 4.65. The monoisotopic (exact) mass is 244 g/mol. The zero-order valence-corrected chi connectivity index (χ0v) is 9.72. The van der Waals surface area contributed by atoms with Crippen molar-refractivity contribution in [2.75, 3.05) is 11.5 Å². The summed E-state index contributed by atoms with van der Waals surface area (Å²) in [6, 6.07) is 4.36. The van der Waals surface area contributed by atoms with Crippen molar-refractivity contribution in [1.82, 2.24) is 0 Å². The maximum atomic E-state index is 13.6. The van der Waals surface area contributed by atoms with E-state index in [1.165, 1.54) is 12.1 Å². The summed E-state index contributed by atoms with van der Waals surface area (Å²) in [5, 5.41) is 10.2. The van der Waals surface area contributed by atoms with E-state index in [2.05, 4.69) is 0 Å². The molecule has 0 radical (unpaired) electrons. The summed E-state index contributed by atoms with van der Waals surface area (Å²) in [6.45, 7) is 1.77. The Bertz CT molecular complexity index is 524. The highest BCUT2D eigenvalue weighted by Gasteiger charge is 2.43. The van der Waals surface area contributed by atoms with E-state index in [-0.39, 0.29) is 23.5 Å². The molecule has 1 heterocycles. The smallest absolute Gasteiger partial charge is 0.153 e. The van der Waals surface area contributed by atoms with Gasteiger partial charge in [0.1, 0.15) is 11.4 Å². The average Bonchev–Trinajstić information content (AvgIpc) is 2.46. The lowest BCUT2D eigenvalue weighted by molar-refractivity contribution is 0.0613. The van der Waals surface area contributed by atoms with Crippen molar-refractivity contribution in [1.29, 1.82) is 0 Å². The quantitative estimate of drug-likeness (QED) is 0.806. The van der Waals surface area contributed by atoms with Crippen molar-refractivity contribution in [2.45, 2.75) is 18.9 Å². The highest BCUT2D eigenvalue weighted by molar-refractivity contribution is 7.91. The van der Waals surface area contributed by atoms with Gasteiger partial charge < -0.3 is 5.11 Å². The first-order valence-corrected chi connectivity index (χ1v) is 6.84. The van der Waals surface area contributed by atoms with E-state index in [4.69, 9.17) is 0 Å². The molecule has 0 bridgehead atoms. The van der Waals surface area contributed by atoms with Gasteiger partial charge in [0, 0.05) is 5.56 Å². The molecular formula is C11H13FO3S. The fraction of sp³-hybridized carbons (Fsp3) is 0.455. The Hall–Kier alpha value is -0.940. The lowest BCUT2D eigenvalue weighted by Gasteiger charge is -2.22. The average molecular weight is 244 g/mol. The highest BCUT2D eigenvalue weighted by Crippen LogP contribution is 2.35. The van der Waals surface area contributed by atoms with Crippen LogP contribution < -0.4 is 0 Å². The third-order valence-electron chi connectivity index (χ3n) is 2.91. The number of halogens is 1. The maximum absolute atomic E-state index is 13.6. The first-order valence-electron chi connectivity index (χ1n) is 5.02. The van der Waals surface area contributed by atoms with Gasteiger partial charge in [0.15, 0.2) is 9.84 Å². The molecule has 0 aliphatic carbocycles. The van der Waals surface area contributed by atoms with Crippen molar-refractivity contribution in [3.63, 3.8) is 0 Å². The highest BCUT2D eigenvalue weighted by atomic mass is 32.2. The van der Waals surface area contributed by atoms with E-state index in [9.17, 15) is 17.9 Å². The molecular weight excluding hydrogens is 231 g/mol. The fourth-order valence-corrected chi connectivity index (χ4v) is 3.86. The van der Waals surface area contributed by atoms with E-state index >= 15 is 0 Å². The molecule has 2 rings (SSSR count). The second-order valence-electron chi connectivity index (χ2n) is 4.36. The van der Waals surface area contributed by atoms with Gasteiger partial charge in [0.25, 0.3) is 0 Å². The third kappa shape index (κ3) is 1.97. The topological polar surface area (TPSA) is 54.4 Å². The van der Waals surface area contributed by atoms with Crippen LogP contribution in [0.1, 0.15) is 17.5 Å². The van der Waals surface area contributed by atoms with Gasteiger partial charge in [-0.15, -0.1) is 0 Å². The molecule has 3 nitrogen and oxygen atoms in total. The molecule has 1 atom stereocenters. The molecule has 16 heavy (non-hydrogen) atoms. The van der Waals surface area contributed by atoms with Crippen molar-refractivity contribution in [2.24, 2.45) is 0 Å². The summed E-state index contributed by atoms with van der Waals surface area (Å²) in [5.74, 6) is -1.03. The van der Waals surface area contributed by atoms with E-state index in [1.807, 2.05) is 0 Å². The van der Waals surface area contributed by atoms with Gasteiger partial charge in [-0.2, -0.15) is 0 Å². The molecule has 1 unspecified atom stereocenters. The SMILES string of the molecule is Cc1ccc(F)c(C2(O)CCS(=O)(=O)C2)c1. The largest absolute Gasteiger partial charge is 0.384 e. The second-order valence-corrected chi connectivity index (χ2v) is 6.54. The molecule has 0 aromatic heterocycles. The molecule has 1 aliphatic heterocycles.